The van der Waals surface area contributed by atoms with Gasteiger partial charge < -0.3 is 15.3 Å². The first-order valence-electron chi connectivity index (χ1n) is 6.03. The van der Waals surface area contributed by atoms with Crippen molar-refractivity contribution >= 4 is 27.2 Å². The van der Waals surface area contributed by atoms with Crippen LogP contribution >= 0.6 is 0 Å². The molecule has 0 spiro atoms. The Balaban J connectivity index is 2.46. The van der Waals surface area contributed by atoms with Crippen LogP contribution in [0, 0.1) is 10.1 Å². The van der Waals surface area contributed by atoms with E-state index >= 15 is 0 Å². The molecule has 0 saturated carbocycles. The number of benzene rings is 2. The summed E-state index contributed by atoms with van der Waals surface area (Å²) in [4.78, 5) is 8.96. The Morgan fingerprint density at radius 3 is 2.25 bits per heavy atom. The number of phenols is 3. The number of nitro benzene ring substituents is 1. The van der Waals surface area contributed by atoms with Crippen molar-refractivity contribution in [1.82, 2.24) is 0 Å². The van der Waals surface area contributed by atoms with Gasteiger partial charge in [-0.25, -0.2) is 0 Å². The van der Waals surface area contributed by atoms with E-state index < -0.39 is 42.9 Å². The first-order chi connectivity index (χ1) is 11.1. The fraction of sp³-hybridized carbons (Fsp3) is 0. The van der Waals surface area contributed by atoms with Crippen molar-refractivity contribution in [3.05, 3.63) is 40.4 Å². The van der Waals surface area contributed by atoms with E-state index in [4.69, 9.17) is 4.55 Å². The number of aromatic hydroxyl groups is 3. The van der Waals surface area contributed by atoms with Crippen LogP contribution in [0.25, 0.3) is 0 Å². The summed E-state index contributed by atoms with van der Waals surface area (Å²) in [6, 6.07) is 4.72. The fourth-order valence-corrected chi connectivity index (χ4v) is 2.32. The molecule has 11 nitrogen and oxygen atoms in total. The molecule has 12 heteroatoms. The van der Waals surface area contributed by atoms with Crippen molar-refractivity contribution in [3.63, 3.8) is 0 Å². The van der Waals surface area contributed by atoms with Gasteiger partial charge in [0.2, 0.25) is 5.75 Å². The zero-order chi connectivity index (χ0) is 18.1. The predicted molar refractivity (Wildman–Crippen MR) is 78.5 cm³/mol. The number of nitrogens with zero attached hydrogens (tertiary/aromatic N) is 3. The summed E-state index contributed by atoms with van der Waals surface area (Å²) < 4.78 is 31.1. The highest BCUT2D eigenvalue weighted by Crippen LogP contribution is 2.42. The van der Waals surface area contributed by atoms with Gasteiger partial charge in [-0.15, -0.1) is 5.11 Å². The second-order valence-corrected chi connectivity index (χ2v) is 5.78. The Labute approximate surface area is 134 Å². The minimum atomic E-state index is -4.79. The van der Waals surface area contributed by atoms with Crippen LogP contribution in [0.3, 0.4) is 0 Å². The molecule has 0 aliphatic rings. The van der Waals surface area contributed by atoms with E-state index in [0.717, 1.165) is 30.3 Å². The van der Waals surface area contributed by atoms with Crippen molar-refractivity contribution in [2.24, 2.45) is 10.2 Å². The Morgan fingerprint density at radius 2 is 1.67 bits per heavy atom. The first kappa shape index (κ1) is 17.1. The molecule has 0 bridgehead atoms. The van der Waals surface area contributed by atoms with Crippen molar-refractivity contribution in [2.45, 2.75) is 4.90 Å². The molecule has 4 N–H and O–H groups in total. The average Bonchev–Trinajstić information content (AvgIpc) is 2.50. The fourth-order valence-electron chi connectivity index (χ4n) is 1.68. The molecule has 126 valence electrons. The summed E-state index contributed by atoms with van der Waals surface area (Å²) in [7, 11) is -4.79. The van der Waals surface area contributed by atoms with Crippen molar-refractivity contribution in [1.29, 1.82) is 0 Å². The molecular weight excluding hydrogens is 346 g/mol. The van der Waals surface area contributed by atoms with Crippen molar-refractivity contribution < 1.29 is 33.2 Å². The van der Waals surface area contributed by atoms with Crippen LogP contribution in [0.4, 0.5) is 17.1 Å². The van der Waals surface area contributed by atoms with Crippen LogP contribution < -0.4 is 0 Å². The van der Waals surface area contributed by atoms with E-state index in [0.29, 0.717) is 0 Å². The molecule has 2 aromatic rings. The van der Waals surface area contributed by atoms with Gasteiger partial charge in [0.15, 0.2) is 16.4 Å². The summed E-state index contributed by atoms with van der Waals surface area (Å²) in [5.41, 5.74) is -1.31. The molecule has 2 rings (SSSR count). The van der Waals surface area contributed by atoms with Crippen molar-refractivity contribution in [3.8, 4) is 17.2 Å². The lowest BCUT2D eigenvalue weighted by Gasteiger charge is -2.03. The zero-order valence-corrected chi connectivity index (χ0v) is 12.4. The zero-order valence-electron chi connectivity index (χ0n) is 11.6. The lowest BCUT2D eigenvalue weighted by Crippen LogP contribution is -2.02. The molecule has 24 heavy (non-hydrogen) atoms. The van der Waals surface area contributed by atoms with E-state index in [1.807, 2.05) is 0 Å². The van der Waals surface area contributed by atoms with Crippen LogP contribution in [-0.2, 0) is 10.1 Å². The monoisotopic (exact) mass is 355 g/mol. The van der Waals surface area contributed by atoms with Gasteiger partial charge in [0.25, 0.3) is 5.69 Å². The molecule has 0 fully saturated rings. The minimum Gasteiger partial charge on any atom is -0.504 e. The topological polar surface area (TPSA) is 183 Å². The molecule has 0 radical (unpaired) electrons. The van der Waals surface area contributed by atoms with E-state index in [1.165, 1.54) is 0 Å². The number of nitro groups is 1. The standard InChI is InChI=1S/C12H9N3O8S/c16-9-3-2-7(11(17)12(9)18)14-13-6-1-4-10(24(21,22)23)8(5-6)15(19)20/h1-5,16-18H,(H,21,22,23). The maximum absolute atomic E-state index is 11.1. The van der Waals surface area contributed by atoms with Crippen LogP contribution in [0.1, 0.15) is 0 Å². The SMILES string of the molecule is O=[N+]([O-])c1cc(N=Nc2ccc(O)c(O)c2O)ccc1S(=O)(=O)O. The van der Waals surface area contributed by atoms with E-state index in [1.54, 1.807) is 0 Å². The number of hydrogen-bond donors (Lipinski definition) is 4. The maximum Gasteiger partial charge on any atom is 0.301 e. The Morgan fingerprint density at radius 1 is 1.00 bits per heavy atom. The third-order valence-electron chi connectivity index (χ3n) is 2.80. The van der Waals surface area contributed by atoms with Gasteiger partial charge in [-0.2, -0.15) is 13.5 Å². The van der Waals surface area contributed by atoms with E-state index in [9.17, 15) is 33.9 Å². The third kappa shape index (κ3) is 3.39. The molecule has 0 aromatic heterocycles. The van der Waals surface area contributed by atoms with Crippen LogP contribution in [0.15, 0.2) is 45.5 Å². The van der Waals surface area contributed by atoms with Gasteiger partial charge >= 0.3 is 10.1 Å². The molecule has 0 amide bonds. The van der Waals surface area contributed by atoms with E-state index in [-0.39, 0.29) is 11.4 Å². The van der Waals surface area contributed by atoms with Crippen LogP contribution in [0.2, 0.25) is 0 Å². The second kappa shape index (κ2) is 6.10. The summed E-state index contributed by atoms with van der Waals surface area (Å²) in [6.45, 7) is 0. The van der Waals surface area contributed by atoms with Gasteiger partial charge in [0.1, 0.15) is 5.69 Å². The van der Waals surface area contributed by atoms with Crippen LogP contribution in [0.5, 0.6) is 17.2 Å². The van der Waals surface area contributed by atoms with E-state index in [2.05, 4.69) is 10.2 Å². The predicted octanol–water partition coefficient (Wildman–Crippen LogP) is 2.37. The molecule has 0 aliphatic heterocycles. The minimum absolute atomic E-state index is 0.152. The van der Waals surface area contributed by atoms with Crippen LogP contribution in [-0.4, -0.2) is 33.2 Å². The molecule has 0 aliphatic carbocycles. The summed E-state index contributed by atoms with van der Waals surface area (Å²) >= 11 is 0. The highest BCUT2D eigenvalue weighted by molar-refractivity contribution is 7.86. The van der Waals surface area contributed by atoms with Gasteiger partial charge in [0.05, 0.1) is 10.6 Å². The summed E-state index contributed by atoms with van der Waals surface area (Å²) in [5.74, 6) is -2.17. The number of azo groups is 1. The lowest BCUT2D eigenvalue weighted by atomic mass is 10.2. The highest BCUT2D eigenvalue weighted by atomic mass is 32.2. The average molecular weight is 355 g/mol. The quantitative estimate of drug-likeness (QED) is 0.212. The molecule has 0 saturated heterocycles. The van der Waals surface area contributed by atoms with Crippen molar-refractivity contribution in [2.75, 3.05) is 0 Å². The number of hydrogen-bond acceptors (Lipinski definition) is 9. The molecule has 0 heterocycles. The smallest absolute Gasteiger partial charge is 0.301 e. The molecule has 0 atom stereocenters. The maximum atomic E-state index is 11.1. The molecule has 0 unspecified atom stereocenters. The Bertz CT molecular complexity index is 955. The Hall–Kier alpha value is -3.25. The second-order valence-electron chi connectivity index (χ2n) is 4.39. The summed E-state index contributed by atoms with van der Waals surface area (Å²) in [5, 5.41) is 46.1. The van der Waals surface area contributed by atoms with Gasteiger partial charge in [-0.05, 0) is 24.3 Å². The number of rotatable bonds is 4. The highest BCUT2D eigenvalue weighted by Gasteiger charge is 2.24. The van der Waals surface area contributed by atoms with Gasteiger partial charge in [-0.3, -0.25) is 14.7 Å². The third-order valence-corrected chi connectivity index (χ3v) is 3.70. The lowest BCUT2D eigenvalue weighted by molar-refractivity contribution is -0.387. The summed E-state index contributed by atoms with van der Waals surface area (Å²) in [6.07, 6.45) is 0. The number of phenolic OH excluding ortho intramolecular Hbond substituents is 3. The molecular formula is C12H9N3O8S. The largest absolute Gasteiger partial charge is 0.504 e. The Kier molecular flexibility index (Phi) is 4.35. The van der Waals surface area contributed by atoms with Gasteiger partial charge in [0, 0.05) is 6.07 Å². The van der Waals surface area contributed by atoms with Gasteiger partial charge in [-0.1, -0.05) is 0 Å². The first-order valence-corrected chi connectivity index (χ1v) is 7.47. The molecule has 2 aromatic carbocycles. The normalized spacial score (nSPS) is 11.7.